The molecule has 0 saturated heterocycles. The van der Waals surface area contributed by atoms with Crippen LogP contribution in [-0.2, 0) is 29.1 Å². The van der Waals surface area contributed by atoms with E-state index in [0.29, 0.717) is 26.4 Å². The highest BCUT2D eigenvalue weighted by Crippen LogP contribution is 2.27. The summed E-state index contributed by atoms with van der Waals surface area (Å²) in [6.45, 7) is 11.1. The molecule has 0 heterocycles. The Morgan fingerprint density at radius 3 is 1.12 bits per heavy atom. The monoisotopic (exact) mass is 456 g/mol. The van der Waals surface area contributed by atoms with E-state index < -0.39 is 0 Å². The van der Waals surface area contributed by atoms with E-state index in [2.05, 4.69) is 76.2 Å². The standard InChI is InChI=1S/C29H44O4/c1-5-28(6-2,20-30)22-32-18-26-13-9-24(10-14-26)17-25-11-15-27(16-12-25)19-33-23-29(7-3,8-4)21-31/h9-16,30-31H,5-8,17-23H2,1-4H3. The lowest BCUT2D eigenvalue weighted by Crippen LogP contribution is -2.29. The van der Waals surface area contributed by atoms with Gasteiger partial charge in [-0.3, -0.25) is 0 Å². The molecular formula is C29H44O4. The van der Waals surface area contributed by atoms with Gasteiger partial charge in [0.1, 0.15) is 0 Å². The van der Waals surface area contributed by atoms with Gasteiger partial charge in [0.15, 0.2) is 0 Å². The molecule has 0 aliphatic carbocycles. The van der Waals surface area contributed by atoms with Crippen LogP contribution in [0, 0.1) is 10.8 Å². The Hall–Kier alpha value is -1.72. The lowest BCUT2D eigenvalue weighted by molar-refractivity contribution is -0.00605. The van der Waals surface area contributed by atoms with E-state index in [1.807, 2.05) is 0 Å². The van der Waals surface area contributed by atoms with Crippen molar-refractivity contribution >= 4 is 0 Å². The van der Waals surface area contributed by atoms with Gasteiger partial charge in [-0.1, -0.05) is 76.2 Å². The van der Waals surface area contributed by atoms with Crippen LogP contribution in [0.2, 0.25) is 0 Å². The highest BCUT2D eigenvalue weighted by Gasteiger charge is 2.26. The van der Waals surface area contributed by atoms with Crippen molar-refractivity contribution in [2.45, 2.75) is 73.0 Å². The van der Waals surface area contributed by atoms with Gasteiger partial charge in [-0.25, -0.2) is 0 Å². The van der Waals surface area contributed by atoms with E-state index in [-0.39, 0.29) is 24.0 Å². The van der Waals surface area contributed by atoms with Gasteiger partial charge in [0.25, 0.3) is 0 Å². The Morgan fingerprint density at radius 1 is 0.545 bits per heavy atom. The van der Waals surface area contributed by atoms with Gasteiger partial charge in [-0.15, -0.1) is 0 Å². The van der Waals surface area contributed by atoms with E-state index in [4.69, 9.17) is 9.47 Å². The molecule has 184 valence electrons. The molecule has 0 amide bonds. The number of aliphatic hydroxyl groups is 2. The Morgan fingerprint density at radius 2 is 0.848 bits per heavy atom. The van der Waals surface area contributed by atoms with Gasteiger partial charge < -0.3 is 19.7 Å². The average Bonchev–Trinajstić information content (AvgIpc) is 2.87. The van der Waals surface area contributed by atoms with Crippen LogP contribution < -0.4 is 0 Å². The molecule has 2 aromatic carbocycles. The van der Waals surface area contributed by atoms with E-state index in [1.54, 1.807) is 0 Å². The molecule has 2 aromatic rings. The first-order chi connectivity index (χ1) is 16.0. The van der Waals surface area contributed by atoms with Crippen molar-refractivity contribution in [3.63, 3.8) is 0 Å². The highest BCUT2D eigenvalue weighted by atomic mass is 16.5. The zero-order valence-corrected chi connectivity index (χ0v) is 21.1. The maximum Gasteiger partial charge on any atom is 0.0717 e. The highest BCUT2D eigenvalue weighted by molar-refractivity contribution is 5.30. The van der Waals surface area contributed by atoms with Crippen LogP contribution in [-0.4, -0.2) is 36.6 Å². The van der Waals surface area contributed by atoms with Gasteiger partial charge in [-0.05, 0) is 54.4 Å². The number of rotatable bonds is 16. The van der Waals surface area contributed by atoms with Crippen LogP contribution in [0.4, 0.5) is 0 Å². The van der Waals surface area contributed by atoms with Crippen molar-refractivity contribution in [2.75, 3.05) is 26.4 Å². The second-order valence-corrected chi connectivity index (χ2v) is 9.53. The molecule has 4 nitrogen and oxygen atoms in total. The third-order valence-electron chi connectivity index (χ3n) is 7.48. The van der Waals surface area contributed by atoms with Crippen molar-refractivity contribution in [2.24, 2.45) is 10.8 Å². The summed E-state index contributed by atoms with van der Waals surface area (Å²) in [7, 11) is 0. The van der Waals surface area contributed by atoms with Crippen molar-refractivity contribution in [3.8, 4) is 0 Å². The first-order valence-corrected chi connectivity index (χ1v) is 12.5. The van der Waals surface area contributed by atoms with E-state index in [0.717, 1.165) is 43.2 Å². The van der Waals surface area contributed by atoms with Crippen molar-refractivity contribution in [3.05, 3.63) is 70.8 Å². The van der Waals surface area contributed by atoms with Crippen molar-refractivity contribution in [1.82, 2.24) is 0 Å². The Balaban J connectivity index is 1.81. The van der Waals surface area contributed by atoms with Crippen LogP contribution >= 0.6 is 0 Å². The topological polar surface area (TPSA) is 58.9 Å². The molecule has 0 aliphatic heterocycles. The van der Waals surface area contributed by atoms with Crippen molar-refractivity contribution in [1.29, 1.82) is 0 Å². The summed E-state index contributed by atoms with van der Waals surface area (Å²) in [5.41, 5.74) is 4.61. The number of ether oxygens (including phenoxy) is 2. The normalized spacial score (nSPS) is 12.3. The molecule has 0 bridgehead atoms. The molecule has 0 aromatic heterocycles. The number of aliphatic hydroxyl groups excluding tert-OH is 2. The number of benzene rings is 2. The number of hydrogen-bond acceptors (Lipinski definition) is 4. The minimum absolute atomic E-state index is 0.120. The van der Waals surface area contributed by atoms with E-state index >= 15 is 0 Å². The first kappa shape index (κ1) is 27.5. The minimum Gasteiger partial charge on any atom is -0.396 e. The van der Waals surface area contributed by atoms with Crippen LogP contribution in [0.1, 0.15) is 75.6 Å². The Bertz CT molecular complexity index is 690. The molecule has 0 unspecified atom stereocenters. The second kappa shape index (κ2) is 13.9. The summed E-state index contributed by atoms with van der Waals surface area (Å²) in [6, 6.07) is 17.2. The average molecular weight is 457 g/mol. The molecule has 0 fully saturated rings. The van der Waals surface area contributed by atoms with E-state index in [1.165, 1.54) is 11.1 Å². The molecule has 0 spiro atoms. The largest absolute Gasteiger partial charge is 0.396 e. The quantitative estimate of drug-likeness (QED) is 0.330. The fraction of sp³-hybridized carbons (Fsp3) is 0.586. The van der Waals surface area contributed by atoms with Crippen LogP contribution in [0.25, 0.3) is 0 Å². The molecule has 33 heavy (non-hydrogen) atoms. The lowest BCUT2D eigenvalue weighted by atomic mass is 9.84. The fourth-order valence-corrected chi connectivity index (χ4v) is 3.96. The van der Waals surface area contributed by atoms with Gasteiger partial charge in [0.2, 0.25) is 0 Å². The van der Waals surface area contributed by atoms with Crippen LogP contribution in [0.5, 0.6) is 0 Å². The summed E-state index contributed by atoms with van der Waals surface area (Å²) >= 11 is 0. The zero-order chi connectivity index (χ0) is 24.2. The summed E-state index contributed by atoms with van der Waals surface area (Å²) < 4.78 is 11.8. The summed E-state index contributed by atoms with van der Waals surface area (Å²) in [5.74, 6) is 0. The molecule has 4 heteroatoms. The molecule has 0 aliphatic rings. The van der Waals surface area contributed by atoms with Gasteiger partial charge in [-0.2, -0.15) is 0 Å². The van der Waals surface area contributed by atoms with Gasteiger partial charge in [0, 0.05) is 10.8 Å². The predicted molar refractivity (Wildman–Crippen MR) is 135 cm³/mol. The maximum absolute atomic E-state index is 9.68. The van der Waals surface area contributed by atoms with Crippen LogP contribution in [0.3, 0.4) is 0 Å². The smallest absolute Gasteiger partial charge is 0.0717 e. The SMILES string of the molecule is CCC(CC)(CO)COCc1ccc(Cc2ccc(COCC(CC)(CC)CO)cc2)cc1. The molecule has 2 rings (SSSR count). The maximum atomic E-state index is 9.68. The predicted octanol–water partition coefficient (Wildman–Crippen LogP) is 5.91. The molecule has 0 radical (unpaired) electrons. The first-order valence-electron chi connectivity index (χ1n) is 12.5. The van der Waals surface area contributed by atoms with Gasteiger partial charge in [0.05, 0.1) is 39.6 Å². The molecular weight excluding hydrogens is 412 g/mol. The zero-order valence-electron chi connectivity index (χ0n) is 21.1. The van der Waals surface area contributed by atoms with E-state index in [9.17, 15) is 10.2 Å². The van der Waals surface area contributed by atoms with Gasteiger partial charge >= 0.3 is 0 Å². The third kappa shape index (κ3) is 8.22. The minimum atomic E-state index is -0.120. The summed E-state index contributed by atoms with van der Waals surface area (Å²) in [5, 5.41) is 19.4. The Labute approximate surface area is 201 Å². The summed E-state index contributed by atoms with van der Waals surface area (Å²) in [6.07, 6.45) is 4.58. The second-order valence-electron chi connectivity index (χ2n) is 9.53. The summed E-state index contributed by atoms with van der Waals surface area (Å²) in [4.78, 5) is 0. The Kier molecular flexibility index (Phi) is 11.6. The molecule has 2 N–H and O–H groups in total. The molecule has 0 atom stereocenters. The lowest BCUT2D eigenvalue weighted by Gasteiger charge is -2.29. The van der Waals surface area contributed by atoms with Crippen molar-refractivity contribution < 1.29 is 19.7 Å². The third-order valence-corrected chi connectivity index (χ3v) is 7.48. The van der Waals surface area contributed by atoms with Crippen LogP contribution in [0.15, 0.2) is 48.5 Å². The number of hydrogen-bond donors (Lipinski definition) is 2. The fourth-order valence-electron chi connectivity index (χ4n) is 3.96. The molecule has 0 saturated carbocycles.